The Labute approximate surface area is 56.8 Å². The predicted molar refractivity (Wildman–Crippen MR) is 32.2 cm³/mol. The first-order valence-electron chi connectivity index (χ1n) is 2.44. The minimum absolute atomic E-state index is 0.363. The number of carboxylic acid groups (broad SMARTS) is 2. The third-order valence-electron chi connectivity index (χ3n) is 0.744. The van der Waals surface area contributed by atoms with Gasteiger partial charge in [-0.15, -0.1) is 0 Å². The smallest absolute Gasteiger partial charge is 0.351 e. The van der Waals surface area contributed by atoms with Crippen LogP contribution >= 0.6 is 0 Å². The van der Waals surface area contributed by atoms with Crippen molar-refractivity contribution in [3.8, 4) is 0 Å². The lowest BCUT2D eigenvalue weighted by Gasteiger charge is -1.89. The normalized spacial score (nSPS) is 11.0. The molecule has 0 fully saturated rings. The van der Waals surface area contributed by atoms with Crippen molar-refractivity contribution < 1.29 is 19.8 Å². The summed E-state index contributed by atoms with van der Waals surface area (Å²) in [5, 5.41) is 16.2. The quantitative estimate of drug-likeness (QED) is 0.460. The van der Waals surface area contributed by atoms with Gasteiger partial charge in [0.05, 0.1) is 6.42 Å². The molecule has 4 N–H and O–H groups in total. The van der Waals surface area contributed by atoms with Crippen molar-refractivity contribution in [2.45, 2.75) is 6.42 Å². The van der Waals surface area contributed by atoms with Gasteiger partial charge < -0.3 is 15.9 Å². The van der Waals surface area contributed by atoms with Crippen molar-refractivity contribution in [3.63, 3.8) is 0 Å². The van der Waals surface area contributed by atoms with Crippen molar-refractivity contribution in [1.29, 1.82) is 0 Å². The van der Waals surface area contributed by atoms with Crippen LogP contribution in [0.3, 0.4) is 0 Å². The molecule has 0 atom stereocenters. The van der Waals surface area contributed by atoms with Crippen molar-refractivity contribution in [1.82, 2.24) is 0 Å². The molecule has 10 heavy (non-hydrogen) atoms. The van der Waals surface area contributed by atoms with Crippen LogP contribution in [0.2, 0.25) is 0 Å². The highest BCUT2D eigenvalue weighted by molar-refractivity contribution is 5.86. The van der Waals surface area contributed by atoms with Crippen LogP contribution in [0.4, 0.5) is 0 Å². The first-order valence-corrected chi connectivity index (χ1v) is 2.44. The molecular weight excluding hydrogens is 138 g/mol. The van der Waals surface area contributed by atoms with E-state index in [-0.39, 0.29) is 6.42 Å². The van der Waals surface area contributed by atoms with Crippen LogP contribution in [0.15, 0.2) is 11.8 Å². The van der Waals surface area contributed by atoms with E-state index in [4.69, 9.17) is 15.9 Å². The van der Waals surface area contributed by atoms with Gasteiger partial charge in [0.15, 0.2) is 0 Å². The van der Waals surface area contributed by atoms with Crippen LogP contribution in [0.5, 0.6) is 0 Å². The average molecular weight is 145 g/mol. The summed E-state index contributed by atoms with van der Waals surface area (Å²) >= 11 is 0. The molecule has 0 aromatic carbocycles. The second kappa shape index (κ2) is 3.49. The van der Waals surface area contributed by atoms with Gasteiger partial charge in [-0.05, 0) is 6.08 Å². The van der Waals surface area contributed by atoms with Crippen molar-refractivity contribution in [2.24, 2.45) is 5.73 Å². The zero-order valence-electron chi connectivity index (χ0n) is 5.07. The Bertz CT molecular complexity index is 184. The maximum Gasteiger partial charge on any atom is 0.351 e. The maximum atomic E-state index is 9.93. The topological polar surface area (TPSA) is 101 Å². The molecule has 0 aromatic heterocycles. The van der Waals surface area contributed by atoms with Gasteiger partial charge in [-0.3, -0.25) is 4.79 Å². The standard InChI is InChI=1S/C5H7NO4/c6-3(5(9)10)1-2-4(7)8/h1H,2,6H2,(H,7,8)(H,9,10)/b3-1-. The molecule has 0 unspecified atom stereocenters. The fourth-order valence-electron chi connectivity index (χ4n) is 0.285. The van der Waals surface area contributed by atoms with Crippen LogP contribution < -0.4 is 5.73 Å². The summed E-state index contributed by atoms with van der Waals surface area (Å²) in [6.07, 6.45) is 0.572. The van der Waals surface area contributed by atoms with Gasteiger partial charge in [0.25, 0.3) is 0 Å². The van der Waals surface area contributed by atoms with E-state index in [1.165, 1.54) is 0 Å². The van der Waals surface area contributed by atoms with Crippen molar-refractivity contribution >= 4 is 11.9 Å². The van der Waals surface area contributed by atoms with Gasteiger partial charge >= 0.3 is 11.9 Å². The van der Waals surface area contributed by atoms with Crippen molar-refractivity contribution in [2.75, 3.05) is 0 Å². The Morgan fingerprint density at radius 2 is 1.90 bits per heavy atom. The summed E-state index contributed by atoms with van der Waals surface area (Å²) in [6.45, 7) is 0. The Hall–Kier alpha value is -1.52. The number of carboxylic acids is 2. The van der Waals surface area contributed by atoms with E-state index in [9.17, 15) is 9.59 Å². The summed E-state index contributed by atoms with van der Waals surface area (Å²) < 4.78 is 0. The summed E-state index contributed by atoms with van der Waals surface area (Å²) in [7, 11) is 0. The van der Waals surface area contributed by atoms with Gasteiger partial charge in [-0.2, -0.15) is 0 Å². The fraction of sp³-hybridized carbons (Fsp3) is 0.200. The molecule has 56 valence electrons. The predicted octanol–water partition coefficient (Wildman–Crippen LogP) is -0.612. The molecule has 0 rings (SSSR count). The van der Waals surface area contributed by atoms with Crippen LogP contribution in [-0.4, -0.2) is 22.2 Å². The first kappa shape index (κ1) is 8.48. The highest BCUT2D eigenvalue weighted by Gasteiger charge is 2.00. The van der Waals surface area contributed by atoms with Crippen LogP contribution in [0.1, 0.15) is 6.42 Å². The summed E-state index contributed by atoms with van der Waals surface area (Å²) in [6, 6.07) is 0. The van der Waals surface area contributed by atoms with E-state index in [2.05, 4.69) is 0 Å². The van der Waals surface area contributed by atoms with Gasteiger partial charge in [0.2, 0.25) is 0 Å². The molecule has 0 amide bonds. The molecule has 0 aliphatic carbocycles. The summed E-state index contributed by atoms with van der Waals surface area (Å²) in [5.74, 6) is -2.41. The van der Waals surface area contributed by atoms with E-state index in [0.717, 1.165) is 6.08 Å². The highest BCUT2D eigenvalue weighted by Crippen LogP contribution is 1.87. The highest BCUT2D eigenvalue weighted by atomic mass is 16.4. The monoisotopic (exact) mass is 145 g/mol. The SMILES string of the molecule is N/C(=C\CC(=O)O)C(=O)O. The average Bonchev–Trinajstić information content (AvgIpc) is 1.82. The number of aliphatic carboxylic acids is 2. The number of rotatable bonds is 3. The van der Waals surface area contributed by atoms with Gasteiger partial charge in [0, 0.05) is 0 Å². The minimum atomic E-state index is -1.30. The van der Waals surface area contributed by atoms with E-state index in [1.807, 2.05) is 0 Å². The fourth-order valence-corrected chi connectivity index (χ4v) is 0.285. The Morgan fingerprint density at radius 3 is 2.20 bits per heavy atom. The molecule has 0 heterocycles. The molecule has 0 saturated heterocycles. The maximum absolute atomic E-state index is 9.93. The van der Waals surface area contributed by atoms with E-state index in [0.29, 0.717) is 0 Å². The molecule has 0 aliphatic heterocycles. The van der Waals surface area contributed by atoms with E-state index < -0.39 is 17.6 Å². The second-order valence-electron chi connectivity index (χ2n) is 1.56. The molecule has 5 heteroatoms. The number of nitrogens with two attached hydrogens (primary N) is 1. The Balaban J connectivity index is 3.92. The number of hydrogen-bond acceptors (Lipinski definition) is 3. The lowest BCUT2D eigenvalue weighted by atomic mass is 10.3. The van der Waals surface area contributed by atoms with Gasteiger partial charge in [-0.25, -0.2) is 4.79 Å². The van der Waals surface area contributed by atoms with Gasteiger partial charge in [-0.1, -0.05) is 0 Å². The molecular formula is C5H7NO4. The number of carbonyl (C=O) groups is 2. The zero-order valence-corrected chi connectivity index (χ0v) is 5.07. The zero-order chi connectivity index (χ0) is 8.15. The second-order valence-corrected chi connectivity index (χ2v) is 1.56. The largest absolute Gasteiger partial charge is 0.481 e. The molecule has 0 spiro atoms. The molecule has 0 bridgehead atoms. The lowest BCUT2D eigenvalue weighted by molar-refractivity contribution is -0.136. The van der Waals surface area contributed by atoms with Crippen molar-refractivity contribution in [3.05, 3.63) is 11.8 Å². The summed E-state index contributed by atoms with van der Waals surface area (Å²) in [5.41, 5.74) is 4.42. The van der Waals surface area contributed by atoms with Crippen LogP contribution in [-0.2, 0) is 9.59 Å². The molecule has 0 aromatic rings. The molecule has 0 radical (unpaired) electrons. The van der Waals surface area contributed by atoms with Crippen LogP contribution in [0.25, 0.3) is 0 Å². The Kier molecular flexibility index (Phi) is 2.96. The summed E-state index contributed by atoms with van der Waals surface area (Å²) in [4.78, 5) is 19.8. The number of hydrogen-bond donors (Lipinski definition) is 3. The minimum Gasteiger partial charge on any atom is -0.481 e. The Morgan fingerprint density at radius 1 is 1.40 bits per heavy atom. The van der Waals surface area contributed by atoms with Gasteiger partial charge in [0.1, 0.15) is 5.70 Å². The third kappa shape index (κ3) is 3.48. The third-order valence-corrected chi connectivity index (χ3v) is 0.744. The molecule has 5 nitrogen and oxygen atoms in total. The van der Waals surface area contributed by atoms with E-state index in [1.54, 1.807) is 0 Å². The first-order chi connectivity index (χ1) is 4.54. The molecule has 0 saturated carbocycles. The lowest BCUT2D eigenvalue weighted by Crippen LogP contribution is -2.10. The molecule has 0 aliphatic rings. The van der Waals surface area contributed by atoms with E-state index >= 15 is 0 Å². The van der Waals surface area contributed by atoms with Crippen LogP contribution in [0, 0.1) is 0 Å².